The first kappa shape index (κ1) is 17.3. The average Bonchev–Trinajstić information content (AvgIpc) is 2.94. The van der Waals surface area contributed by atoms with Gasteiger partial charge < -0.3 is 14.6 Å². The molecule has 1 aromatic heterocycles. The van der Waals surface area contributed by atoms with Gasteiger partial charge in [0.25, 0.3) is 0 Å². The van der Waals surface area contributed by atoms with Gasteiger partial charge in [-0.1, -0.05) is 38.1 Å². The van der Waals surface area contributed by atoms with Crippen LogP contribution in [0.1, 0.15) is 51.0 Å². The van der Waals surface area contributed by atoms with Crippen LogP contribution in [0.2, 0.25) is 0 Å². The molecule has 5 nitrogen and oxygen atoms in total. The third-order valence-corrected chi connectivity index (χ3v) is 3.22. The molecule has 1 unspecified atom stereocenters. The summed E-state index contributed by atoms with van der Waals surface area (Å²) in [6.45, 7) is 5.57. The summed E-state index contributed by atoms with van der Waals surface area (Å²) in [5, 5.41) is 7.20. The van der Waals surface area contributed by atoms with Gasteiger partial charge in [-0.2, -0.15) is 13.8 Å². The second kappa shape index (κ2) is 7.04. The summed E-state index contributed by atoms with van der Waals surface area (Å²) in [5.41, 5.74) is 0.646. The molecule has 0 saturated carbocycles. The van der Waals surface area contributed by atoms with E-state index in [1.165, 1.54) is 6.07 Å². The van der Waals surface area contributed by atoms with E-state index in [9.17, 15) is 8.78 Å². The van der Waals surface area contributed by atoms with Gasteiger partial charge in [0.15, 0.2) is 5.82 Å². The van der Waals surface area contributed by atoms with Crippen molar-refractivity contribution >= 4 is 0 Å². The summed E-state index contributed by atoms with van der Waals surface area (Å²) < 4.78 is 34.1. The molecule has 1 N–H and O–H groups in total. The molecule has 0 spiro atoms. The number of rotatable bonds is 6. The molecule has 2 rings (SSSR count). The van der Waals surface area contributed by atoms with Crippen LogP contribution in [0.15, 0.2) is 28.8 Å². The zero-order valence-corrected chi connectivity index (χ0v) is 13.6. The monoisotopic (exact) mass is 325 g/mol. The number of nitrogens with zero attached hydrogens (tertiary/aromatic N) is 2. The smallest absolute Gasteiger partial charge is 0.387 e. The molecule has 0 radical (unpaired) electrons. The first-order valence-electron chi connectivity index (χ1n) is 7.37. The van der Waals surface area contributed by atoms with Gasteiger partial charge in [-0.25, -0.2) is 0 Å². The Morgan fingerprint density at radius 3 is 2.65 bits per heavy atom. The molecule has 1 heterocycles. The predicted molar refractivity (Wildman–Crippen MR) is 81.3 cm³/mol. The van der Waals surface area contributed by atoms with Crippen LogP contribution < -0.4 is 10.1 Å². The van der Waals surface area contributed by atoms with E-state index < -0.39 is 6.61 Å². The molecule has 0 saturated heterocycles. The number of hydrogen-bond acceptors (Lipinski definition) is 5. The van der Waals surface area contributed by atoms with E-state index in [-0.39, 0.29) is 17.2 Å². The maximum atomic E-state index is 12.2. The van der Waals surface area contributed by atoms with Crippen molar-refractivity contribution < 1.29 is 18.0 Å². The molecule has 0 bridgehead atoms. The summed E-state index contributed by atoms with van der Waals surface area (Å²) in [7, 11) is 0. The van der Waals surface area contributed by atoms with E-state index in [0.717, 1.165) is 5.56 Å². The quantitative estimate of drug-likeness (QED) is 0.875. The van der Waals surface area contributed by atoms with Crippen molar-refractivity contribution in [2.45, 2.75) is 52.3 Å². The fraction of sp³-hybridized carbons (Fsp3) is 0.500. The first-order chi connectivity index (χ1) is 10.8. The lowest BCUT2D eigenvalue weighted by molar-refractivity contribution is -0.0498. The Kier molecular flexibility index (Phi) is 5.30. The van der Waals surface area contributed by atoms with Crippen LogP contribution in [0.5, 0.6) is 5.75 Å². The molecule has 0 aliphatic heterocycles. The summed E-state index contributed by atoms with van der Waals surface area (Å²) >= 11 is 0. The predicted octanol–water partition coefficient (Wildman–Crippen LogP) is 3.82. The lowest BCUT2D eigenvalue weighted by Crippen LogP contribution is -2.19. The minimum Gasteiger partial charge on any atom is -0.435 e. The number of halogens is 2. The highest BCUT2D eigenvalue weighted by atomic mass is 19.3. The number of hydrogen-bond donors (Lipinski definition) is 1. The molecular weight excluding hydrogens is 304 g/mol. The minimum absolute atomic E-state index is 0.139. The largest absolute Gasteiger partial charge is 0.435 e. The van der Waals surface area contributed by atoms with Crippen LogP contribution in [-0.2, 0) is 12.0 Å². The molecule has 126 valence electrons. The van der Waals surface area contributed by atoms with Crippen molar-refractivity contribution in [1.82, 2.24) is 15.5 Å². The molecule has 1 atom stereocenters. The number of aromatic nitrogens is 2. The highest BCUT2D eigenvalue weighted by molar-refractivity contribution is 5.28. The SMILES string of the molecule is CC(NCc1cccc(OC(F)F)c1)c1nc(C(C)(C)C)no1. The second-order valence-electron chi connectivity index (χ2n) is 6.33. The molecule has 0 aliphatic carbocycles. The molecule has 0 amide bonds. The minimum atomic E-state index is -2.83. The van der Waals surface area contributed by atoms with Crippen LogP contribution in [0, 0.1) is 0 Å². The second-order valence-corrected chi connectivity index (χ2v) is 6.33. The maximum absolute atomic E-state index is 12.2. The zero-order valence-electron chi connectivity index (χ0n) is 13.6. The van der Waals surface area contributed by atoms with Crippen molar-refractivity contribution in [1.29, 1.82) is 0 Å². The maximum Gasteiger partial charge on any atom is 0.387 e. The Labute approximate surface area is 134 Å². The van der Waals surface area contributed by atoms with Crippen molar-refractivity contribution in [3.63, 3.8) is 0 Å². The van der Waals surface area contributed by atoms with Gasteiger partial charge in [0, 0.05) is 12.0 Å². The van der Waals surface area contributed by atoms with Crippen molar-refractivity contribution in [3.05, 3.63) is 41.5 Å². The van der Waals surface area contributed by atoms with E-state index in [4.69, 9.17) is 4.52 Å². The Morgan fingerprint density at radius 1 is 1.30 bits per heavy atom. The Hall–Kier alpha value is -2.02. The molecule has 23 heavy (non-hydrogen) atoms. The van der Waals surface area contributed by atoms with Gasteiger partial charge in [-0.15, -0.1) is 0 Å². The molecule has 1 aromatic carbocycles. The zero-order chi connectivity index (χ0) is 17.0. The fourth-order valence-electron chi connectivity index (χ4n) is 1.91. The van der Waals surface area contributed by atoms with Gasteiger partial charge in [-0.05, 0) is 24.6 Å². The van der Waals surface area contributed by atoms with Crippen molar-refractivity contribution in [2.75, 3.05) is 0 Å². The summed E-state index contributed by atoms with van der Waals surface area (Å²) in [5.74, 6) is 1.28. The Morgan fingerprint density at radius 2 is 2.04 bits per heavy atom. The topological polar surface area (TPSA) is 60.2 Å². The standard InChI is InChI=1S/C16H21F2N3O2/c1-10(13-20-14(21-23-13)16(2,3)4)19-9-11-6-5-7-12(8-11)22-15(17)18/h5-8,10,15,19H,9H2,1-4H3. The lowest BCUT2D eigenvalue weighted by atomic mass is 9.96. The van der Waals surface area contributed by atoms with E-state index in [1.807, 2.05) is 33.8 Å². The summed E-state index contributed by atoms with van der Waals surface area (Å²) in [4.78, 5) is 4.39. The molecular formula is C16H21F2N3O2. The van der Waals surface area contributed by atoms with Crippen LogP contribution in [-0.4, -0.2) is 16.8 Å². The third kappa shape index (κ3) is 4.99. The number of benzene rings is 1. The normalized spacial score (nSPS) is 13.3. The van der Waals surface area contributed by atoms with Crippen LogP contribution in [0.25, 0.3) is 0 Å². The van der Waals surface area contributed by atoms with E-state index in [0.29, 0.717) is 18.3 Å². The van der Waals surface area contributed by atoms with E-state index >= 15 is 0 Å². The Bertz CT molecular complexity index is 638. The van der Waals surface area contributed by atoms with Gasteiger partial charge in [0.05, 0.1) is 6.04 Å². The molecule has 7 heteroatoms. The molecule has 0 fully saturated rings. The first-order valence-corrected chi connectivity index (χ1v) is 7.37. The third-order valence-electron chi connectivity index (χ3n) is 3.22. The Balaban J connectivity index is 1.96. The van der Waals surface area contributed by atoms with Gasteiger partial charge in [0.2, 0.25) is 5.89 Å². The van der Waals surface area contributed by atoms with Gasteiger partial charge in [-0.3, -0.25) is 0 Å². The molecule has 2 aromatic rings. The van der Waals surface area contributed by atoms with Crippen LogP contribution >= 0.6 is 0 Å². The lowest BCUT2D eigenvalue weighted by Gasteiger charge is -2.12. The van der Waals surface area contributed by atoms with E-state index in [1.54, 1.807) is 12.1 Å². The summed E-state index contributed by atoms with van der Waals surface area (Å²) in [6, 6.07) is 6.40. The van der Waals surface area contributed by atoms with Crippen LogP contribution in [0.4, 0.5) is 8.78 Å². The van der Waals surface area contributed by atoms with Crippen molar-refractivity contribution in [2.24, 2.45) is 0 Å². The average molecular weight is 325 g/mol. The van der Waals surface area contributed by atoms with E-state index in [2.05, 4.69) is 20.2 Å². The highest BCUT2D eigenvalue weighted by Gasteiger charge is 2.22. The number of nitrogens with one attached hydrogen (secondary N) is 1. The summed E-state index contributed by atoms with van der Waals surface area (Å²) in [6.07, 6.45) is 0. The van der Waals surface area contributed by atoms with Crippen LogP contribution in [0.3, 0.4) is 0 Å². The number of ether oxygens (including phenoxy) is 1. The number of alkyl halides is 2. The fourth-order valence-corrected chi connectivity index (χ4v) is 1.91. The van der Waals surface area contributed by atoms with Gasteiger partial charge >= 0.3 is 6.61 Å². The van der Waals surface area contributed by atoms with Gasteiger partial charge in [0.1, 0.15) is 5.75 Å². The molecule has 0 aliphatic rings. The van der Waals surface area contributed by atoms with Crippen molar-refractivity contribution in [3.8, 4) is 5.75 Å². The highest BCUT2D eigenvalue weighted by Crippen LogP contribution is 2.21.